The fourth-order valence-corrected chi connectivity index (χ4v) is 2.22. The van der Waals surface area contributed by atoms with E-state index in [0.717, 1.165) is 30.9 Å². The molecular weight excluding hydrogens is 250 g/mol. The third-order valence-corrected chi connectivity index (χ3v) is 3.42. The summed E-state index contributed by atoms with van der Waals surface area (Å²) in [6, 6.07) is 6.05. The second-order valence-corrected chi connectivity index (χ2v) is 5.14. The van der Waals surface area contributed by atoms with E-state index in [2.05, 4.69) is 6.92 Å². The van der Waals surface area contributed by atoms with Crippen molar-refractivity contribution in [2.75, 3.05) is 20.3 Å². The number of methoxy groups -OCH3 is 1. The van der Waals surface area contributed by atoms with E-state index < -0.39 is 0 Å². The van der Waals surface area contributed by atoms with Crippen LogP contribution >= 0.6 is 0 Å². The molecule has 0 amide bonds. The van der Waals surface area contributed by atoms with Gasteiger partial charge in [0.1, 0.15) is 0 Å². The van der Waals surface area contributed by atoms with Gasteiger partial charge in [-0.05, 0) is 37.1 Å². The quantitative estimate of drug-likeness (QED) is 0.624. The van der Waals surface area contributed by atoms with Gasteiger partial charge in [-0.2, -0.15) is 0 Å². The molecule has 0 aliphatic heterocycles. The summed E-state index contributed by atoms with van der Waals surface area (Å²) in [7, 11) is 1.68. The van der Waals surface area contributed by atoms with Crippen molar-refractivity contribution in [3.8, 4) is 11.5 Å². The van der Waals surface area contributed by atoms with E-state index in [9.17, 15) is 0 Å². The predicted octanol–water partition coefficient (Wildman–Crippen LogP) is 3.94. The molecule has 0 spiro atoms. The minimum Gasteiger partial charge on any atom is -0.493 e. The van der Waals surface area contributed by atoms with Crippen LogP contribution in [0.5, 0.6) is 11.5 Å². The van der Waals surface area contributed by atoms with E-state index in [0.29, 0.717) is 6.54 Å². The van der Waals surface area contributed by atoms with Crippen LogP contribution in [-0.4, -0.2) is 20.3 Å². The molecule has 0 atom stereocenters. The molecule has 0 aromatic heterocycles. The van der Waals surface area contributed by atoms with Crippen molar-refractivity contribution in [2.45, 2.75) is 51.9 Å². The lowest BCUT2D eigenvalue weighted by Gasteiger charge is -2.12. The lowest BCUT2D eigenvalue weighted by Crippen LogP contribution is -2.04. The molecule has 3 heteroatoms. The first-order chi connectivity index (χ1) is 9.81. The van der Waals surface area contributed by atoms with Gasteiger partial charge < -0.3 is 15.2 Å². The lowest BCUT2D eigenvalue weighted by atomic mass is 10.1. The van der Waals surface area contributed by atoms with Gasteiger partial charge in [0.2, 0.25) is 0 Å². The zero-order valence-electron chi connectivity index (χ0n) is 13.0. The van der Waals surface area contributed by atoms with E-state index in [4.69, 9.17) is 15.2 Å². The molecule has 1 rings (SSSR count). The summed E-state index contributed by atoms with van der Waals surface area (Å²) < 4.78 is 11.2. The summed E-state index contributed by atoms with van der Waals surface area (Å²) in [6.45, 7) is 3.65. The van der Waals surface area contributed by atoms with Gasteiger partial charge in [0.15, 0.2) is 11.5 Å². The van der Waals surface area contributed by atoms with Crippen LogP contribution in [0.15, 0.2) is 18.2 Å². The van der Waals surface area contributed by atoms with E-state index in [-0.39, 0.29) is 0 Å². The molecule has 114 valence electrons. The van der Waals surface area contributed by atoms with Crippen LogP contribution in [0.2, 0.25) is 0 Å². The Morgan fingerprint density at radius 1 is 1.00 bits per heavy atom. The van der Waals surface area contributed by atoms with Crippen molar-refractivity contribution in [3.05, 3.63) is 23.8 Å². The minimum atomic E-state index is 0.656. The molecule has 20 heavy (non-hydrogen) atoms. The highest BCUT2D eigenvalue weighted by Crippen LogP contribution is 2.28. The van der Waals surface area contributed by atoms with Gasteiger partial charge in [-0.1, -0.05) is 45.1 Å². The van der Waals surface area contributed by atoms with Crippen LogP contribution in [-0.2, 0) is 6.42 Å². The largest absolute Gasteiger partial charge is 0.493 e. The lowest BCUT2D eigenvalue weighted by molar-refractivity contribution is 0.284. The van der Waals surface area contributed by atoms with Crippen molar-refractivity contribution in [1.29, 1.82) is 0 Å². The number of benzene rings is 1. The third-order valence-electron chi connectivity index (χ3n) is 3.42. The fourth-order valence-electron chi connectivity index (χ4n) is 2.22. The summed E-state index contributed by atoms with van der Waals surface area (Å²) in [5.41, 5.74) is 6.79. The van der Waals surface area contributed by atoms with Crippen molar-refractivity contribution < 1.29 is 9.47 Å². The van der Waals surface area contributed by atoms with Gasteiger partial charge in [-0.25, -0.2) is 0 Å². The first-order valence-corrected chi connectivity index (χ1v) is 7.81. The summed E-state index contributed by atoms with van der Waals surface area (Å²) in [5, 5.41) is 0. The Balaban J connectivity index is 2.35. The van der Waals surface area contributed by atoms with Crippen molar-refractivity contribution >= 4 is 0 Å². The summed E-state index contributed by atoms with van der Waals surface area (Å²) in [4.78, 5) is 0. The van der Waals surface area contributed by atoms with Gasteiger partial charge in [0.25, 0.3) is 0 Å². The third kappa shape index (κ3) is 6.29. The van der Waals surface area contributed by atoms with Crippen LogP contribution in [0.4, 0.5) is 0 Å². The molecule has 0 fully saturated rings. The Morgan fingerprint density at radius 3 is 2.45 bits per heavy atom. The number of unbranched alkanes of at least 4 members (excludes halogenated alkanes) is 5. The molecule has 0 saturated carbocycles. The van der Waals surface area contributed by atoms with Gasteiger partial charge in [0.05, 0.1) is 13.7 Å². The first-order valence-electron chi connectivity index (χ1n) is 7.81. The maximum atomic E-state index is 5.86. The minimum absolute atomic E-state index is 0.656. The Morgan fingerprint density at radius 2 is 1.75 bits per heavy atom. The summed E-state index contributed by atoms with van der Waals surface area (Å²) in [6.07, 6.45) is 8.50. The van der Waals surface area contributed by atoms with Crippen molar-refractivity contribution in [2.24, 2.45) is 5.73 Å². The molecule has 1 aromatic rings. The number of nitrogens with two attached hydrogens (primary N) is 1. The van der Waals surface area contributed by atoms with Gasteiger partial charge >= 0.3 is 0 Å². The highest BCUT2D eigenvalue weighted by atomic mass is 16.5. The number of rotatable bonds is 11. The number of ether oxygens (including phenoxy) is 2. The monoisotopic (exact) mass is 279 g/mol. The van der Waals surface area contributed by atoms with Crippen molar-refractivity contribution in [1.82, 2.24) is 0 Å². The molecule has 0 radical (unpaired) electrons. The van der Waals surface area contributed by atoms with E-state index in [1.54, 1.807) is 7.11 Å². The number of hydrogen-bond acceptors (Lipinski definition) is 3. The molecule has 0 heterocycles. The maximum Gasteiger partial charge on any atom is 0.161 e. The van der Waals surface area contributed by atoms with E-state index in [1.807, 2.05) is 18.2 Å². The predicted molar refractivity (Wildman–Crippen MR) is 84.6 cm³/mol. The molecule has 3 nitrogen and oxygen atoms in total. The van der Waals surface area contributed by atoms with Crippen LogP contribution in [0.3, 0.4) is 0 Å². The second kappa shape index (κ2) is 10.6. The maximum absolute atomic E-state index is 5.86. The van der Waals surface area contributed by atoms with Gasteiger partial charge in [-0.3, -0.25) is 0 Å². The molecule has 0 unspecified atom stereocenters. The van der Waals surface area contributed by atoms with E-state index in [1.165, 1.54) is 37.7 Å². The smallest absolute Gasteiger partial charge is 0.161 e. The standard InChI is InChI=1S/C17H29NO2/c1-3-4-5-6-7-8-13-20-17-14-15(11-12-18)9-10-16(17)19-2/h9-10,14H,3-8,11-13,18H2,1-2H3. The van der Waals surface area contributed by atoms with Gasteiger partial charge in [0, 0.05) is 0 Å². The SMILES string of the molecule is CCCCCCCCOc1cc(CCN)ccc1OC. The van der Waals surface area contributed by atoms with Crippen LogP contribution in [0.1, 0.15) is 51.0 Å². The van der Waals surface area contributed by atoms with Gasteiger partial charge in [-0.15, -0.1) is 0 Å². The van der Waals surface area contributed by atoms with Crippen LogP contribution in [0, 0.1) is 0 Å². The summed E-state index contributed by atoms with van der Waals surface area (Å²) >= 11 is 0. The molecule has 0 saturated heterocycles. The van der Waals surface area contributed by atoms with Crippen molar-refractivity contribution in [3.63, 3.8) is 0 Å². The fraction of sp³-hybridized carbons (Fsp3) is 0.647. The first kappa shape index (κ1) is 16.8. The van der Waals surface area contributed by atoms with Crippen LogP contribution < -0.4 is 15.2 Å². The molecule has 2 N–H and O–H groups in total. The highest BCUT2D eigenvalue weighted by molar-refractivity contribution is 5.43. The molecular formula is C17H29NO2. The topological polar surface area (TPSA) is 44.5 Å². The zero-order chi connectivity index (χ0) is 14.6. The Hall–Kier alpha value is -1.22. The zero-order valence-corrected chi connectivity index (χ0v) is 13.0. The Labute approximate surface area is 123 Å². The molecule has 1 aromatic carbocycles. The molecule has 0 aliphatic rings. The Kier molecular flexibility index (Phi) is 8.88. The van der Waals surface area contributed by atoms with Crippen LogP contribution in [0.25, 0.3) is 0 Å². The average molecular weight is 279 g/mol. The average Bonchev–Trinajstić information content (AvgIpc) is 2.47. The molecule has 0 aliphatic carbocycles. The highest BCUT2D eigenvalue weighted by Gasteiger charge is 2.05. The second-order valence-electron chi connectivity index (χ2n) is 5.14. The Bertz CT molecular complexity index is 366. The number of hydrogen-bond donors (Lipinski definition) is 1. The normalized spacial score (nSPS) is 10.6. The molecule has 0 bridgehead atoms. The summed E-state index contributed by atoms with van der Waals surface area (Å²) in [5.74, 6) is 1.64. The van der Waals surface area contributed by atoms with E-state index >= 15 is 0 Å².